The standard InChI is InChI=1S/C13H14N2O3/c1-14(2)12(16)11-10(13(17)18)8-6-4-5-7-9(8)15(11)3/h4-7H,1-3H3,(H,17,18). The molecule has 0 aliphatic carbocycles. The zero-order chi connectivity index (χ0) is 13.4. The normalized spacial score (nSPS) is 10.6. The molecular weight excluding hydrogens is 232 g/mol. The molecule has 0 spiro atoms. The predicted molar refractivity (Wildman–Crippen MR) is 67.9 cm³/mol. The summed E-state index contributed by atoms with van der Waals surface area (Å²) in [5, 5.41) is 9.90. The number of benzene rings is 1. The molecular formula is C13H14N2O3. The number of carboxylic acids is 1. The van der Waals surface area contributed by atoms with E-state index in [0.29, 0.717) is 5.39 Å². The van der Waals surface area contributed by atoms with Gasteiger partial charge in [-0.3, -0.25) is 4.79 Å². The minimum atomic E-state index is -1.09. The lowest BCUT2D eigenvalue weighted by atomic mass is 10.1. The van der Waals surface area contributed by atoms with E-state index in [9.17, 15) is 14.7 Å². The molecule has 0 aliphatic heterocycles. The third-order valence-electron chi connectivity index (χ3n) is 2.93. The number of nitrogens with zero attached hydrogens (tertiary/aromatic N) is 2. The first-order valence-electron chi connectivity index (χ1n) is 5.47. The molecule has 2 aromatic rings. The van der Waals surface area contributed by atoms with Crippen molar-refractivity contribution in [1.82, 2.24) is 9.47 Å². The van der Waals surface area contributed by atoms with Crippen molar-refractivity contribution in [3.8, 4) is 0 Å². The van der Waals surface area contributed by atoms with Crippen molar-refractivity contribution in [2.45, 2.75) is 0 Å². The molecule has 0 bridgehead atoms. The number of aromatic nitrogens is 1. The van der Waals surface area contributed by atoms with Gasteiger partial charge in [-0.2, -0.15) is 0 Å². The fourth-order valence-electron chi connectivity index (χ4n) is 2.07. The molecule has 0 unspecified atom stereocenters. The highest BCUT2D eigenvalue weighted by atomic mass is 16.4. The lowest BCUT2D eigenvalue weighted by Gasteiger charge is -2.12. The zero-order valence-electron chi connectivity index (χ0n) is 10.5. The summed E-state index contributed by atoms with van der Waals surface area (Å²) in [6.45, 7) is 0. The second kappa shape index (κ2) is 4.18. The maximum Gasteiger partial charge on any atom is 0.338 e. The van der Waals surface area contributed by atoms with Gasteiger partial charge in [0.05, 0.1) is 5.56 Å². The van der Waals surface area contributed by atoms with Gasteiger partial charge in [-0.05, 0) is 6.07 Å². The lowest BCUT2D eigenvalue weighted by molar-refractivity contribution is 0.0685. The Kier molecular flexibility index (Phi) is 2.82. The van der Waals surface area contributed by atoms with Crippen molar-refractivity contribution in [3.05, 3.63) is 35.5 Å². The topological polar surface area (TPSA) is 62.5 Å². The number of aryl methyl sites for hydroxylation is 1. The van der Waals surface area contributed by atoms with Gasteiger partial charge in [-0.1, -0.05) is 18.2 Å². The van der Waals surface area contributed by atoms with E-state index in [-0.39, 0.29) is 17.2 Å². The first kappa shape index (κ1) is 12.2. The fraction of sp³-hybridized carbons (Fsp3) is 0.231. The van der Waals surface area contributed by atoms with E-state index in [2.05, 4.69) is 0 Å². The molecule has 5 nitrogen and oxygen atoms in total. The van der Waals surface area contributed by atoms with Gasteiger partial charge in [0.15, 0.2) is 0 Å². The Morgan fingerprint density at radius 2 is 1.83 bits per heavy atom. The van der Waals surface area contributed by atoms with Gasteiger partial charge in [-0.25, -0.2) is 4.79 Å². The highest BCUT2D eigenvalue weighted by Gasteiger charge is 2.26. The predicted octanol–water partition coefficient (Wildman–Crippen LogP) is 1.58. The van der Waals surface area contributed by atoms with Crippen LogP contribution in [-0.4, -0.2) is 40.5 Å². The smallest absolute Gasteiger partial charge is 0.338 e. The molecule has 1 amide bonds. The van der Waals surface area contributed by atoms with Crippen molar-refractivity contribution >= 4 is 22.8 Å². The first-order chi connectivity index (χ1) is 8.45. The molecule has 0 saturated carbocycles. The number of aromatic carboxylic acids is 1. The number of carboxylic acid groups (broad SMARTS) is 1. The molecule has 0 aliphatic rings. The molecule has 1 aromatic heterocycles. The molecule has 18 heavy (non-hydrogen) atoms. The number of carbonyl (C=O) groups is 2. The Labute approximate surface area is 104 Å². The molecule has 1 N–H and O–H groups in total. The Bertz CT molecular complexity index is 641. The van der Waals surface area contributed by atoms with E-state index in [1.54, 1.807) is 43.9 Å². The number of fused-ring (bicyclic) bond motifs is 1. The van der Waals surface area contributed by atoms with Crippen molar-refractivity contribution in [2.75, 3.05) is 14.1 Å². The molecule has 0 radical (unpaired) electrons. The van der Waals surface area contributed by atoms with Crippen LogP contribution in [0.2, 0.25) is 0 Å². The van der Waals surface area contributed by atoms with Gasteiger partial charge in [0, 0.05) is 32.0 Å². The van der Waals surface area contributed by atoms with Gasteiger partial charge < -0.3 is 14.6 Å². The Hall–Kier alpha value is -2.30. The van der Waals surface area contributed by atoms with Crippen molar-refractivity contribution < 1.29 is 14.7 Å². The summed E-state index contributed by atoms with van der Waals surface area (Å²) in [6, 6.07) is 7.09. The van der Waals surface area contributed by atoms with Crippen LogP contribution in [0.3, 0.4) is 0 Å². The lowest BCUT2D eigenvalue weighted by Crippen LogP contribution is -2.26. The van der Waals surface area contributed by atoms with Crippen molar-refractivity contribution in [2.24, 2.45) is 7.05 Å². The Morgan fingerprint density at radius 3 is 2.39 bits per heavy atom. The van der Waals surface area contributed by atoms with Crippen LogP contribution in [0.15, 0.2) is 24.3 Å². The monoisotopic (exact) mass is 246 g/mol. The molecule has 94 valence electrons. The van der Waals surface area contributed by atoms with E-state index < -0.39 is 5.97 Å². The second-order valence-corrected chi connectivity index (χ2v) is 4.30. The van der Waals surface area contributed by atoms with Crippen LogP contribution in [0.4, 0.5) is 0 Å². The largest absolute Gasteiger partial charge is 0.478 e. The maximum atomic E-state index is 12.1. The van der Waals surface area contributed by atoms with Crippen molar-refractivity contribution in [1.29, 1.82) is 0 Å². The maximum absolute atomic E-state index is 12.1. The van der Waals surface area contributed by atoms with Gasteiger partial charge in [0.1, 0.15) is 5.69 Å². The quantitative estimate of drug-likeness (QED) is 0.875. The van der Waals surface area contributed by atoms with E-state index in [1.165, 1.54) is 4.90 Å². The number of hydrogen-bond donors (Lipinski definition) is 1. The number of carbonyl (C=O) groups excluding carboxylic acids is 1. The number of amides is 1. The minimum Gasteiger partial charge on any atom is -0.478 e. The average Bonchev–Trinajstić information content (AvgIpc) is 2.62. The average molecular weight is 246 g/mol. The summed E-state index contributed by atoms with van der Waals surface area (Å²) in [5.74, 6) is -1.40. The summed E-state index contributed by atoms with van der Waals surface area (Å²) >= 11 is 0. The number of para-hydroxylation sites is 1. The van der Waals surface area contributed by atoms with Crippen LogP contribution < -0.4 is 0 Å². The summed E-state index contributed by atoms with van der Waals surface area (Å²) in [5.41, 5.74) is 1.00. The van der Waals surface area contributed by atoms with Crippen LogP contribution in [-0.2, 0) is 7.05 Å². The van der Waals surface area contributed by atoms with Gasteiger partial charge in [0.2, 0.25) is 0 Å². The molecule has 0 saturated heterocycles. The van der Waals surface area contributed by atoms with Gasteiger partial charge in [0.25, 0.3) is 5.91 Å². The first-order valence-corrected chi connectivity index (χ1v) is 5.47. The zero-order valence-corrected chi connectivity index (χ0v) is 10.5. The van der Waals surface area contributed by atoms with Gasteiger partial charge in [-0.15, -0.1) is 0 Å². The molecule has 1 heterocycles. The molecule has 0 atom stereocenters. The van der Waals surface area contributed by atoms with E-state index in [0.717, 1.165) is 5.52 Å². The summed E-state index contributed by atoms with van der Waals surface area (Å²) in [4.78, 5) is 24.9. The van der Waals surface area contributed by atoms with E-state index in [4.69, 9.17) is 0 Å². The highest BCUT2D eigenvalue weighted by Crippen LogP contribution is 2.26. The van der Waals surface area contributed by atoms with Crippen molar-refractivity contribution in [3.63, 3.8) is 0 Å². The fourth-order valence-corrected chi connectivity index (χ4v) is 2.07. The molecule has 5 heteroatoms. The Balaban J connectivity index is 2.87. The van der Waals surface area contributed by atoms with Crippen LogP contribution in [0.5, 0.6) is 0 Å². The third kappa shape index (κ3) is 1.64. The van der Waals surface area contributed by atoms with E-state index in [1.807, 2.05) is 6.07 Å². The minimum absolute atomic E-state index is 0.0619. The van der Waals surface area contributed by atoms with Crippen LogP contribution in [0, 0.1) is 0 Å². The van der Waals surface area contributed by atoms with E-state index >= 15 is 0 Å². The number of hydrogen-bond acceptors (Lipinski definition) is 2. The highest BCUT2D eigenvalue weighted by molar-refractivity contribution is 6.13. The van der Waals surface area contributed by atoms with Gasteiger partial charge >= 0.3 is 5.97 Å². The summed E-state index contributed by atoms with van der Waals surface area (Å²) < 4.78 is 1.63. The van der Waals surface area contributed by atoms with Crippen LogP contribution in [0.1, 0.15) is 20.8 Å². The molecule has 2 rings (SSSR count). The molecule has 1 aromatic carbocycles. The molecule has 0 fully saturated rings. The summed E-state index contributed by atoms with van der Waals surface area (Å²) in [6.07, 6.45) is 0. The number of rotatable bonds is 2. The Morgan fingerprint density at radius 1 is 1.22 bits per heavy atom. The SMILES string of the molecule is CN(C)C(=O)c1c(C(=O)O)c2ccccc2n1C. The summed E-state index contributed by atoms with van der Waals surface area (Å²) in [7, 11) is 4.91. The third-order valence-corrected chi connectivity index (χ3v) is 2.93. The van der Waals surface area contributed by atoms with Crippen LogP contribution >= 0.6 is 0 Å². The second-order valence-electron chi connectivity index (χ2n) is 4.30. The van der Waals surface area contributed by atoms with Crippen LogP contribution in [0.25, 0.3) is 10.9 Å².